The second-order valence-corrected chi connectivity index (χ2v) is 9.56. The lowest BCUT2D eigenvalue weighted by Gasteiger charge is -2.26. The van der Waals surface area contributed by atoms with Crippen molar-refractivity contribution in [3.63, 3.8) is 0 Å². The van der Waals surface area contributed by atoms with Crippen LogP contribution in [0.15, 0.2) is 53.4 Å². The summed E-state index contributed by atoms with van der Waals surface area (Å²) < 4.78 is 40.0. The number of aryl methyl sites for hydroxylation is 1. The third-order valence-corrected chi connectivity index (χ3v) is 7.35. The highest BCUT2D eigenvalue weighted by molar-refractivity contribution is 7.89. The lowest BCUT2D eigenvalue weighted by molar-refractivity contribution is 0.0730. The quantitative estimate of drug-likeness (QED) is 0.481. The minimum Gasteiger partial charge on any atom is -0.382 e. The number of rotatable bonds is 9. The van der Waals surface area contributed by atoms with Crippen LogP contribution in [0.25, 0.3) is 11.0 Å². The molecule has 0 atom stereocenters. The number of amides is 1. The highest BCUT2D eigenvalue weighted by atomic mass is 32.2. The smallest absolute Gasteiger partial charge is 0.258 e. The molecular formula is C23H28N4O5S. The Morgan fingerprint density at radius 2 is 1.94 bits per heavy atom. The first-order chi connectivity index (χ1) is 16.0. The van der Waals surface area contributed by atoms with Crippen molar-refractivity contribution in [2.24, 2.45) is 0 Å². The molecule has 0 radical (unpaired) electrons. The molecule has 4 rings (SSSR count). The van der Waals surface area contributed by atoms with Crippen LogP contribution in [0.2, 0.25) is 0 Å². The molecule has 2 heterocycles. The summed E-state index contributed by atoms with van der Waals surface area (Å²) in [5.41, 5.74) is 1.93. The maximum atomic E-state index is 13.1. The largest absolute Gasteiger partial charge is 0.382 e. The molecular weight excluding hydrogens is 444 g/mol. The number of fused-ring (bicyclic) bond motifs is 1. The van der Waals surface area contributed by atoms with E-state index >= 15 is 0 Å². The molecule has 1 amide bonds. The molecule has 3 aromatic rings. The number of benzene rings is 2. The average molecular weight is 473 g/mol. The minimum absolute atomic E-state index is 0.0854. The summed E-state index contributed by atoms with van der Waals surface area (Å²) in [6.45, 7) is 5.15. The zero-order valence-corrected chi connectivity index (χ0v) is 19.4. The van der Waals surface area contributed by atoms with Gasteiger partial charge in [0, 0.05) is 38.4 Å². The summed E-state index contributed by atoms with van der Waals surface area (Å²) in [5, 5.41) is 2.86. The van der Waals surface area contributed by atoms with E-state index in [9.17, 15) is 13.2 Å². The van der Waals surface area contributed by atoms with Gasteiger partial charge in [0.05, 0.1) is 29.1 Å². The lowest BCUT2D eigenvalue weighted by Crippen LogP contribution is -2.40. The molecule has 1 aliphatic rings. The van der Waals surface area contributed by atoms with Gasteiger partial charge in [-0.25, -0.2) is 13.4 Å². The molecule has 10 heteroatoms. The minimum atomic E-state index is -3.70. The summed E-state index contributed by atoms with van der Waals surface area (Å²) in [6, 6.07) is 13.7. The van der Waals surface area contributed by atoms with Gasteiger partial charge in [-0.2, -0.15) is 4.31 Å². The van der Waals surface area contributed by atoms with Crippen molar-refractivity contribution in [2.75, 3.05) is 44.8 Å². The maximum absolute atomic E-state index is 13.1. The van der Waals surface area contributed by atoms with Crippen molar-refractivity contribution in [1.29, 1.82) is 0 Å². The molecule has 0 bridgehead atoms. The zero-order valence-electron chi connectivity index (χ0n) is 18.6. The van der Waals surface area contributed by atoms with Crippen molar-refractivity contribution in [3.05, 3.63) is 54.1 Å². The Morgan fingerprint density at radius 3 is 2.73 bits per heavy atom. The monoisotopic (exact) mass is 472 g/mol. The first-order valence-electron chi connectivity index (χ1n) is 11.0. The molecule has 9 nitrogen and oxygen atoms in total. The third-order valence-electron chi connectivity index (χ3n) is 5.46. The molecule has 2 aromatic carbocycles. The van der Waals surface area contributed by atoms with E-state index < -0.39 is 15.9 Å². The SMILES string of the molecule is CCOCCCn1c(NC(=O)c2cccc(S(=O)(=O)N3CCOCC3)c2)nc2ccccc21. The Hall–Kier alpha value is -2.79. The first kappa shape index (κ1) is 23.4. The predicted molar refractivity (Wildman–Crippen MR) is 125 cm³/mol. The molecule has 1 N–H and O–H groups in total. The number of morpholine rings is 1. The highest BCUT2D eigenvalue weighted by Crippen LogP contribution is 2.22. The molecule has 0 spiro atoms. The van der Waals surface area contributed by atoms with Crippen LogP contribution in [0.1, 0.15) is 23.7 Å². The van der Waals surface area contributed by atoms with E-state index in [-0.39, 0.29) is 10.5 Å². The third kappa shape index (κ3) is 5.25. The molecule has 1 aromatic heterocycles. The van der Waals surface area contributed by atoms with Gasteiger partial charge in [-0.05, 0) is 43.7 Å². The van der Waals surface area contributed by atoms with Crippen molar-refractivity contribution in [2.45, 2.75) is 24.8 Å². The van der Waals surface area contributed by atoms with Crippen LogP contribution in [0, 0.1) is 0 Å². The van der Waals surface area contributed by atoms with Gasteiger partial charge in [0.15, 0.2) is 0 Å². The average Bonchev–Trinajstić information content (AvgIpc) is 3.19. The maximum Gasteiger partial charge on any atom is 0.258 e. The Kier molecular flexibility index (Phi) is 7.39. The van der Waals surface area contributed by atoms with Crippen LogP contribution >= 0.6 is 0 Å². The number of nitrogens with one attached hydrogen (secondary N) is 1. The van der Waals surface area contributed by atoms with E-state index in [0.717, 1.165) is 17.5 Å². The fourth-order valence-corrected chi connectivity index (χ4v) is 5.23. The summed E-state index contributed by atoms with van der Waals surface area (Å²) in [7, 11) is -3.70. The van der Waals surface area contributed by atoms with Crippen LogP contribution in [-0.4, -0.2) is 67.7 Å². The molecule has 1 aliphatic heterocycles. The number of hydrogen-bond acceptors (Lipinski definition) is 6. The number of nitrogens with zero attached hydrogens (tertiary/aromatic N) is 3. The zero-order chi connectivity index (χ0) is 23.3. The number of carbonyl (C=O) groups is 1. The van der Waals surface area contributed by atoms with Gasteiger partial charge in [-0.3, -0.25) is 10.1 Å². The second-order valence-electron chi connectivity index (χ2n) is 7.62. The summed E-state index contributed by atoms with van der Waals surface area (Å²) in [6.07, 6.45) is 0.768. The van der Waals surface area contributed by atoms with Gasteiger partial charge in [0.1, 0.15) is 0 Å². The fraction of sp³-hybridized carbons (Fsp3) is 0.391. The molecule has 1 fully saturated rings. The highest BCUT2D eigenvalue weighted by Gasteiger charge is 2.27. The van der Waals surface area contributed by atoms with Gasteiger partial charge in [-0.15, -0.1) is 0 Å². The van der Waals surface area contributed by atoms with Crippen molar-refractivity contribution < 1.29 is 22.7 Å². The van der Waals surface area contributed by atoms with Gasteiger partial charge >= 0.3 is 0 Å². The Bertz CT molecular complexity index is 1220. The van der Waals surface area contributed by atoms with Gasteiger partial charge in [0.2, 0.25) is 16.0 Å². The normalized spacial score (nSPS) is 15.1. The number of para-hydroxylation sites is 2. The van der Waals surface area contributed by atoms with Crippen LogP contribution in [0.4, 0.5) is 5.95 Å². The van der Waals surface area contributed by atoms with Gasteiger partial charge in [-0.1, -0.05) is 18.2 Å². The van der Waals surface area contributed by atoms with E-state index in [4.69, 9.17) is 9.47 Å². The molecule has 0 saturated carbocycles. The molecule has 176 valence electrons. The van der Waals surface area contributed by atoms with Gasteiger partial charge in [0.25, 0.3) is 5.91 Å². The van der Waals surface area contributed by atoms with Crippen LogP contribution in [-0.2, 0) is 26.0 Å². The molecule has 0 aliphatic carbocycles. The van der Waals surface area contributed by atoms with E-state index in [1.807, 2.05) is 35.8 Å². The number of aromatic nitrogens is 2. The van der Waals surface area contributed by atoms with Crippen molar-refractivity contribution >= 4 is 32.9 Å². The first-order valence-corrected chi connectivity index (χ1v) is 12.5. The number of ether oxygens (including phenoxy) is 2. The van der Waals surface area contributed by atoms with Crippen LogP contribution in [0.3, 0.4) is 0 Å². The Labute approximate surface area is 193 Å². The van der Waals surface area contributed by atoms with Gasteiger partial charge < -0.3 is 14.0 Å². The summed E-state index contributed by atoms with van der Waals surface area (Å²) >= 11 is 0. The second kappa shape index (κ2) is 10.4. The molecule has 1 saturated heterocycles. The number of imidazole rings is 1. The summed E-state index contributed by atoms with van der Waals surface area (Å²) in [4.78, 5) is 17.7. The van der Waals surface area contributed by atoms with E-state index in [2.05, 4.69) is 10.3 Å². The molecule has 0 unspecified atom stereocenters. The standard InChI is InChI=1S/C23H28N4O5S/c1-2-31-14-6-11-27-21-10-4-3-9-20(21)24-23(27)25-22(28)18-7-5-8-19(17-18)33(29,30)26-12-15-32-16-13-26/h3-5,7-10,17H,2,6,11-16H2,1H3,(H,24,25,28). The van der Waals surface area contributed by atoms with Crippen molar-refractivity contribution in [1.82, 2.24) is 13.9 Å². The fourth-order valence-electron chi connectivity index (χ4n) is 3.77. The number of carbonyl (C=O) groups excluding carboxylic acids is 1. The molecule has 33 heavy (non-hydrogen) atoms. The number of sulfonamides is 1. The summed E-state index contributed by atoms with van der Waals surface area (Å²) in [5.74, 6) is -0.00507. The Morgan fingerprint density at radius 1 is 1.15 bits per heavy atom. The lowest BCUT2D eigenvalue weighted by atomic mass is 10.2. The van der Waals surface area contributed by atoms with Crippen LogP contribution in [0.5, 0.6) is 0 Å². The number of hydrogen-bond donors (Lipinski definition) is 1. The number of anilines is 1. The Balaban J connectivity index is 1.57. The van der Waals surface area contributed by atoms with E-state index in [1.165, 1.54) is 16.4 Å². The topological polar surface area (TPSA) is 103 Å². The predicted octanol–water partition coefficient (Wildman–Crippen LogP) is 2.74. The van der Waals surface area contributed by atoms with E-state index in [0.29, 0.717) is 52.0 Å². The van der Waals surface area contributed by atoms with Crippen LogP contribution < -0.4 is 5.32 Å². The van der Waals surface area contributed by atoms with Crippen molar-refractivity contribution in [3.8, 4) is 0 Å². The van der Waals surface area contributed by atoms with E-state index in [1.54, 1.807) is 12.1 Å².